The van der Waals surface area contributed by atoms with E-state index >= 15 is 0 Å². The minimum atomic E-state index is -4.35. The molecule has 16 heteroatoms. The van der Waals surface area contributed by atoms with Gasteiger partial charge in [0.05, 0.1) is 28.3 Å². The fourth-order valence-corrected chi connectivity index (χ4v) is 6.65. The Morgan fingerprint density at radius 1 is 1.26 bits per heavy atom. The number of nitrogen functional groups attached to an aromatic ring is 1. The highest BCUT2D eigenvalue weighted by molar-refractivity contribution is 7.10. The number of nitrogens with one attached hydrogen (secondary N) is 1. The van der Waals surface area contributed by atoms with Crippen molar-refractivity contribution >= 4 is 45.9 Å². The number of carboxylic acid groups (broad SMARTS) is 1. The Morgan fingerprint density at radius 3 is 2.67 bits per heavy atom. The number of alkyl halides is 3. The van der Waals surface area contributed by atoms with Crippen LogP contribution in [0, 0.1) is 17.2 Å². The second-order valence-electron chi connectivity index (χ2n) is 11.5. The van der Waals surface area contributed by atoms with Crippen LogP contribution >= 0.6 is 11.3 Å². The van der Waals surface area contributed by atoms with Gasteiger partial charge in [0.25, 0.3) is 0 Å². The Kier molecular flexibility index (Phi) is 6.67. The van der Waals surface area contributed by atoms with E-state index in [0.717, 1.165) is 25.1 Å². The minimum absolute atomic E-state index is 0.0306. The van der Waals surface area contributed by atoms with Crippen LogP contribution in [0.1, 0.15) is 55.8 Å². The average molecular weight is 619 g/mol. The van der Waals surface area contributed by atoms with E-state index in [1.165, 1.54) is 16.0 Å². The fraction of sp³-hybridized carbons (Fsp3) is 0.444. The van der Waals surface area contributed by atoms with Gasteiger partial charge in [-0.25, -0.2) is 29.0 Å². The molecule has 43 heavy (non-hydrogen) atoms. The van der Waals surface area contributed by atoms with Crippen LogP contribution in [0.15, 0.2) is 17.6 Å². The Balaban J connectivity index is 1.42. The predicted molar refractivity (Wildman–Crippen MR) is 148 cm³/mol. The first kappa shape index (κ1) is 28.9. The van der Waals surface area contributed by atoms with Gasteiger partial charge in [-0.2, -0.15) is 18.3 Å². The van der Waals surface area contributed by atoms with Crippen molar-refractivity contribution < 1.29 is 32.3 Å². The molecule has 0 bridgehead atoms. The second-order valence-corrected chi connectivity index (χ2v) is 12.4. The molecule has 1 atom stereocenters. The predicted octanol–water partition coefficient (Wildman–Crippen LogP) is 4.71. The molecule has 11 nitrogen and oxygen atoms in total. The molecular weight excluding hydrogens is 592 g/mol. The number of nitrogens with zero attached hydrogens (tertiary/aromatic N) is 6. The number of aliphatic carboxylic acids is 1. The van der Waals surface area contributed by atoms with Crippen molar-refractivity contribution in [3.63, 3.8) is 0 Å². The Hall–Kier alpha value is -4.21. The molecule has 4 aromatic rings. The highest BCUT2D eigenvalue weighted by Gasteiger charge is 2.61. The summed E-state index contributed by atoms with van der Waals surface area (Å²) >= 11 is 1.24. The third kappa shape index (κ3) is 4.96. The van der Waals surface area contributed by atoms with E-state index in [1.807, 2.05) is 0 Å². The van der Waals surface area contributed by atoms with Crippen molar-refractivity contribution in [2.75, 3.05) is 11.1 Å². The van der Waals surface area contributed by atoms with E-state index in [9.17, 15) is 32.3 Å². The molecule has 0 radical (unpaired) electrons. The summed E-state index contributed by atoms with van der Waals surface area (Å²) in [5, 5.41) is 19.1. The van der Waals surface area contributed by atoms with Gasteiger partial charge in [-0.1, -0.05) is 0 Å². The lowest BCUT2D eigenvalue weighted by Gasteiger charge is -2.25. The van der Waals surface area contributed by atoms with Gasteiger partial charge in [-0.05, 0) is 45.1 Å². The van der Waals surface area contributed by atoms with Crippen LogP contribution in [0.25, 0.3) is 22.6 Å². The van der Waals surface area contributed by atoms with E-state index in [2.05, 4.69) is 25.4 Å². The highest BCUT2D eigenvalue weighted by Crippen LogP contribution is 2.58. The van der Waals surface area contributed by atoms with Gasteiger partial charge in [0, 0.05) is 24.8 Å². The number of hydrogen-bond donors (Lipinski definition) is 3. The molecule has 1 amide bonds. The van der Waals surface area contributed by atoms with Crippen molar-refractivity contribution in [1.29, 1.82) is 0 Å². The van der Waals surface area contributed by atoms with Crippen molar-refractivity contribution in [2.45, 2.75) is 64.1 Å². The molecule has 226 valence electrons. The topological polar surface area (TPSA) is 162 Å². The molecule has 5 heterocycles. The van der Waals surface area contributed by atoms with Gasteiger partial charge in [-0.15, -0.1) is 11.3 Å². The summed E-state index contributed by atoms with van der Waals surface area (Å²) in [5.74, 6) is -2.15. The number of thiazole rings is 1. The van der Waals surface area contributed by atoms with Crippen molar-refractivity contribution in [1.82, 2.24) is 29.7 Å². The van der Waals surface area contributed by atoms with Gasteiger partial charge in [0.1, 0.15) is 33.6 Å². The van der Waals surface area contributed by atoms with E-state index in [-0.39, 0.29) is 59.5 Å². The van der Waals surface area contributed by atoms with Crippen LogP contribution in [0.4, 0.5) is 29.2 Å². The third-order valence-electron chi connectivity index (χ3n) is 7.80. The lowest BCUT2D eigenvalue weighted by Crippen LogP contribution is -2.38. The van der Waals surface area contributed by atoms with E-state index in [0.29, 0.717) is 16.3 Å². The zero-order chi connectivity index (χ0) is 30.9. The largest absolute Gasteiger partial charge is 0.481 e. The summed E-state index contributed by atoms with van der Waals surface area (Å²) in [6.07, 6.45) is -3.11. The fourth-order valence-electron chi connectivity index (χ4n) is 5.55. The van der Waals surface area contributed by atoms with Gasteiger partial charge in [-0.3, -0.25) is 9.59 Å². The third-order valence-corrected chi connectivity index (χ3v) is 8.82. The number of carbonyl (C=O) groups excluding carboxylic acids is 1. The number of nitrogens with two attached hydrogens (primary N) is 1. The molecular formula is C27H26F4N8O3S. The number of rotatable bonds is 9. The molecule has 4 N–H and O–H groups in total. The van der Waals surface area contributed by atoms with Crippen LogP contribution in [-0.4, -0.2) is 52.9 Å². The molecule has 0 spiro atoms. The van der Waals surface area contributed by atoms with Crippen LogP contribution in [-0.2, 0) is 28.0 Å². The Labute approximate surface area is 245 Å². The van der Waals surface area contributed by atoms with Crippen molar-refractivity contribution in [2.24, 2.45) is 11.3 Å². The number of carboxylic acids is 1. The Morgan fingerprint density at radius 2 is 2.00 bits per heavy atom. The quantitative estimate of drug-likeness (QED) is 0.226. The number of aromatic nitrogens is 6. The van der Waals surface area contributed by atoms with Crippen molar-refractivity contribution in [3.05, 3.63) is 39.7 Å². The maximum atomic E-state index is 14.2. The smallest absolute Gasteiger partial charge is 0.389 e. The zero-order valence-corrected chi connectivity index (χ0v) is 23.8. The highest BCUT2D eigenvalue weighted by atomic mass is 32.1. The first-order valence-electron chi connectivity index (χ1n) is 13.5. The monoisotopic (exact) mass is 618 g/mol. The van der Waals surface area contributed by atoms with Crippen LogP contribution < -0.4 is 11.1 Å². The van der Waals surface area contributed by atoms with Gasteiger partial charge >= 0.3 is 12.1 Å². The molecule has 2 aliphatic rings. The summed E-state index contributed by atoms with van der Waals surface area (Å²) < 4.78 is 53.7. The van der Waals surface area contributed by atoms with Gasteiger partial charge < -0.3 is 16.2 Å². The molecule has 0 saturated heterocycles. The zero-order valence-electron chi connectivity index (χ0n) is 23.0. The summed E-state index contributed by atoms with van der Waals surface area (Å²) in [7, 11) is 0. The number of amides is 1. The molecule has 1 saturated carbocycles. The standard InChI is InChI=1S/C27H26F4N8O3S/c1-25(2,24(41)42)9-14-11-43-23(34-14)27(12-4-5-12)16-18(32)35-20(36-19(16)37-22(27)40)17-15-8-13(28)10-33-21(15)39(38-17)7-3-6-26(29,30)31/h8,10-12H,3-7,9H2,1-2H3,(H,41,42)(H3,32,35,36,37,40)/t27-/m1/s1. The average Bonchev–Trinajstić information content (AvgIpc) is 3.44. The summed E-state index contributed by atoms with van der Waals surface area (Å²) in [6.45, 7) is 3.05. The summed E-state index contributed by atoms with van der Waals surface area (Å²) in [4.78, 5) is 43.2. The van der Waals surface area contributed by atoms with Gasteiger partial charge in [0.15, 0.2) is 11.5 Å². The summed E-state index contributed by atoms with van der Waals surface area (Å²) in [6, 6.07) is 1.14. The number of pyridine rings is 1. The van der Waals surface area contributed by atoms with Crippen LogP contribution in [0.3, 0.4) is 0 Å². The molecule has 0 aromatic carbocycles. The van der Waals surface area contributed by atoms with Crippen LogP contribution in [0.2, 0.25) is 0 Å². The van der Waals surface area contributed by atoms with Crippen LogP contribution in [0.5, 0.6) is 0 Å². The second kappa shape index (κ2) is 9.92. The maximum absolute atomic E-state index is 14.2. The maximum Gasteiger partial charge on any atom is 0.389 e. The summed E-state index contributed by atoms with van der Waals surface area (Å²) in [5.41, 5.74) is 5.24. The SMILES string of the molecule is CC(C)(Cc1csc([C@@]2(C3CC3)C(=O)Nc3nc(-c4nn(CCCC(F)(F)F)c5ncc(F)cc45)nc(N)c32)n1)C(=O)O. The molecule has 1 aliphatic carbocycles. The molecule has 4 aromatic heterocycles. The number of anilines is 2. The molecule has 1 aliphatic heterocycles. The Bertz CT molecular complexity index is 1780. The molecule has 0 unspecified atom stereocenters. The van der Waals surface area contributed by atoms with E-state index < -0.39 is 41.1 Å². The number of aryl methyl sites for hydroxylation is 1. The number of fused-ring (bicyclic) bond motifs is 2. The molecule has 1 fully saturated rings. The lowest BCUT2D eigenvalue weighted by molar-refractivity contribution is -0.146. The van der Waals surface area contributed by atoms with E-state index in [1.54, 1.807) is 19.2 Å². The minimum Gasteiger partial charge on any atom is -0.481 e. The van der Waals surface area contributed by atoms with Crippen molar-refractivity contribution in [3.8, 4) is 11.5 Å². The number of halogens is 4. The first-order valence-corrected chi connectivity index (χ1v) is 14.4. The first-order chi connectivity index (χ1) is 20.2. The normalized spacial score (nSPS) is 18.7. The number of hydrogen-bond acceptors (Lipinski definition) is 9. The molecule has 6 rings (SSSR count). The lowest BCUT2D eigenvalue weighted by atomic mass is 9.78. The van der Waals surface area contributed by atoms with E-state index in [4.69, 9.17) is 10.7 Å². The van der Waals surface area contributed by atoms with Gasteiger partial charge in [0.2, 0.25) is 5.91 Å². The number of carbonyl (C=O) groups is 2.